The molecule has 0 N–H and O–H groups in total. The summed E-state index contributed by atoms with van der Waals surface area (Å²) < 4.78 is 0. The Morgan fingerprint density at radius 2 is 1.72 bits per heavy atom. The Morgan fingerprint density at radius 3 is 2.39 bits per heavy atom. The average Bonchev–Trinajstić information content (AvgIpc) is 2.41. The summed E-state index contributed by atoms with van der Waals surface area (Å²) in [5.41, 5.74) is 5.33. The van der Waals surface area contributed by atoms with Crippen LogP contribution in [0.3, 0.4) is 0 Å². The Hall–Kier alpha value is -1.15. The Morgan fingerprint density at radius 1 is 1.06 bits per heavy atom. The van der Waals surface area contributed by atoms with Gasteiger partial charge in [-0.3, -0.25) is 4.98 Å². The van der Waals surface area contributed by atoms with Gasteiger partial charge in [-0.2, -0.15) is 0 Å². The van der Waals surface area contributed by atoms with Gasteiger partial charge in [-0.15, -0.1) is 0 Å². The van der Waals surface area contributed by atoms with Crippen molar-refractivity contribution in [3.05, 3.63) is 65.0 Å². The fourth-order valence-corrected chi connectivity index (χ4v) is 2.96. The van der Waals surface area contributed by atoms with Crippen LogP contribution in [-0.4, -0.2) is 4.98 Å². The molecule has 2 aromatic rings. The van der Waals surface area contributed by atoms with Crippen molar-refractivity contribution in [3.63, 3.8) is 0 Å². The van der Waals surface area contributed by atoms with E-state index in [1.165, 1.54) is 22.3 Å². The largest absolute Gasteiger partial charge is 0.265 e. The van der Waals surface area contributed by atoms with Gasteiger partial charge in [0.15, 0.2) is 0 Å². The van der Waals surface area contributed by atoms with Gasteiger partial charge >= 0.3 is 0 Å². The van der Waals surface area contributed by atoms with Crippen LogP contribution >= 0.6 is 15.9 Å². The monoisotopic (exact) mass is 303 g/mol. The summed E-state index contributed by atoms with van der Waals surface area (Å²) in [5.74, 6) is 0.425. The number of benzene rings is 1. The second kappa shape index (κ2) is 5.66. The lowest BCUT2D eigenvalue weighted by molar-refractivity contribution is 0.746. The summed E-state index contributed by atoms with van der Waals surface area (Å²) in [6, 6.07) is 10.8. The molecule has 18 heavy (non-hydrogen) atoms. The Kier molecular flexibility index (Phi) is 4.18. The number of aryl methyl sites for hydroxylation is 2. The second-order valence-electron chi connectivity index (χ2n) is 4.83. The van der Waals surface area contributed by atoms with Gasteiger partial charge in [-0.25, -0.2) is 0 Å². The summed E-state index contributed by atoms with van der Waals surface area (Å²) in [6.07, 6.45) is 3.71. The quantitative estimate of drug-likeness (QED) is 0.732. The maximum Gasteiger partial charge on any atom is 0.0463 e. The summed E-state index contributed by atoms with van der Waals surface area (Å²) in [5, 5.41) is 0. The zero-order chi connectivity index (χ0) is 13.1. The van der Waals surface area contributed by atoms with Crippen LogP contribution in [0.15, 0.2) is 42.7 Å². The lowest BCUT2D eigenvalue weighted by Gasteiger charge is -2.21. The molecule has 2 atom stereocenters. The van der Waals surface area contributed by atoms with E-state index in [4.69, 9.17) is 0 Å². The van der Waals surface area contributed by atoms with Gasteiger partial charge < -0.3 is 0 Å². The molecule has 1 aromatic carbocycles. The van der Waals surface area contributed by atoms with Gasteiger partial charge in [0.1, 0.15) is 0 Å². The van der Waals surface area contributed by atoms with Crippen molar-refractivity contribution in [2.75, 3.05) is 0 Å². The minimum atomic E-state index is 0.333. The molecule has 2 unspecified atom stereocenters. The lowest BCUT2D eigenvalue weighted by atomic mass is 9.91. The summed E-state index contributed by atoms with van der Waals surface area (Å²) in [7, 11) is 0. The molecule has 1 nitrogen and oxygen atoms in total. The van der Waals surface area contributed by atoms with E-state index in [0.717, 1.165) is 0 Å². The van der Waals surface area contributed by atoms with Crippen LogP contribution in [0, 0.1) is 13.8 Å². The molecule has 0 amide bonds. The first-order chi connectivity index (χ1) is 8.59. The van der Waals surface area contributed by atoms with Gasteiger partial charge in [0.25, 0.3) is 0 Å². The minimum absolute atomic E-state index is 0.333. The zero-order valence-corrected chi connectivity index (χ0v) is 12.6. The number of hydrogen-bond acceptors (Lipinski definition) is 1. The summed E-state index contributed by atoms with van der Waals surface area (Å²) in [4.78, 5) is 4.41. The van der Waals surface area contributed by atoms with Crippen molar-refractivity contribution in [2.45, 2.75) is 31.5 Å². The van der Waals surface area contributed by atoms with Crippen molar-refractivity contribution in [1.82, 2.24) is 4.98 Å². The number of halogens is 1. The fraction of sp³-hybridized carbons (Fsp3) is 0.312. The van der Waals surface area contributed by atoms with E-state index < -0.39 is 0 Å². The molecule has 0 aliphatic heterocycles. The molecule has 2 rings (SSSR count). The van der Waals surface area contributed by atoms with Crippen molar-refractivity contribution >= 4 is 15.9 Å². The van der Waals surface area contributed by atoms with Crippen LogP contribution in [0.25, 0.3) is 0 Å². The van der Waals surface area contributed by atoms with Crippen molar-refractivity contribution in [3.8, 4) is 0 Å². The standard InChI is InChI=1S/C16H18BrN/c1-11-4-5-12(2)15(10-11)16(17)13(3)14-6-8-18-9-7-14/h4-10,13,16H,1-3H3. The van der Waals surface area contributed by atoms with Gasteiger partial charge in [0, 0.05) is 17.2 Å². The third kappa shape index (κ3) is 2.81. The van der Waals surface area contributed by atoms with E-state index in [-0.39, 0.29) is 0 Å². The molecule has 0 fully saturated rings. The van der Waals surface area contributed by atoms with E-state index in [0.29, 0.717) is 10.7 Å². The Bertz CT molecular complexity index is 522. The number of rotatable bonds is 3. The van der Waals surface area contributed by atoms with Crippen LogP contribution in [0.4, 0.5) is 0 Å². The van der Waals surface area contributed by atoms with Gasteiger partial charge in [0.05, 0.1) is 0 Å². The molecular weight excluding hydrogens is 286 g/mol. The smallest absolute Gasteiger partial charge is 0.0463 e. The van der Waals surface area contributed by atoms with E-state index >= 15 is 0 Å². The third-order valence-corrected chi connectivity index (χ3v) is 4.69. The van der Waals surface area contributed by atoms with E-state index in [1.807, 2.05) is 12.4 Å². The van der Waals surface area contributed by atoms with Crippen molar-refractivity contribution < 1.29 is 0 Å². The van der Waals surface area contributed by atoms with E-state index in [2.05, 4.69) is 72.0 Å². The van der Waals surface area contributed by atoms with E-state index in [1.54, 1.807) is 0 Å². The van der Waals surface area contributed by atoms with Gasteiger partial charge in [0.2, 0.25) is 0 Å². The van der Waals surface area contributed by atoms with Crippen molar-refractivity contribution in [1.29, 1.82) is 0 Å². The minimum Gasteiger partial charge on any atom is -0.265 e. The first kappa shape index (κ1) is 13.3. The third-order valence-electron chi connectivity index (χ3n) is 3.40. The number of alkyl halides is 1. The summed E-state index contributed by atoms with van der Waals surface area (Å²) >= 11 is 3.85. The topological polar surface area (TPSA) is 12.9 Å². The molecule has 2 heteroatoms. The highest BCUT2D eigenvalue weighted by Gasteiger charge is 2.19. The molecule has 0 spiro atoms. The molecule has 94 valence electrons. The molecule has 0 aliphatic rings. The Labute approximate surface area is 117 Å². The highest BCUT2D eigenvalue weighted by molar-refractivity contribution is 9.09. The molecule has 0 aliphatic carbocycles. The summed E-state index contributed by atoms with van der Waals surface area (Å²) in [6.45, 7) is 6.55. The average molecular weight is 304 g/mol. The van der Waals surface area contributed by atoms with Crippen LogP contribution < -0.4 is 0 Å². The predicted molar refractivity (Wildman–Crippen MR) is 80.2 cm³/mol. The zero-order valence-electron chi connectivity index (χ0n) is 11.0. The first-order valence-corrected chi connectivity index (χ1v) is 7.12. The predicted octanol–water partition coefficient (Wildman–Crippen LogP) is 4.94. The van der Waals surface area contributed by atoms with Gasteiger partial charge in [-0.1, -0.05) is 46.6 Å². The number of aromatic nitrogens is 1. The molecule has 1 heterocycles. The molecule has 0 saturated heterocycles. The number of hydrogen-bond donors (Lipinski definition) is 0. The first-order valence-electron chi connectivity index (χ1n) is 6.20. The van der Waals surface area contributed by atoms with Crippen molar-refractivity contribution in [2.24, 2.45) is 0 Å². The maximum atomic E-state index is 4.08. The molecule has 0 bridgehead atoms. The second-order valence-corrected chi connectivity index (χ2v) is 5.82. The molecule has 0 saturated carbocycles. The number of nitrogens with zero attached hydrogens (tertiary/aromatic N) is 1. The SMILES string of the molecule is Cc1ccc(C)c(C(Br)C(C)c2ccncc2)c1. The van der Waals surface area contributed by atoms with Crippen LogP contribution in [0.1, 0.15) is 39.9 Å². The number of pyridine rings is 1. The highest BCUT2D eigenvalue weighted by atomic mass is 79.9. The van der Waals surface area contributed by atoms with Gasteiger partial charge in [-0.05, 0) is 48.6 Å². The molecule has 1 aromatic heterocycles. The molecule has 0 radical (unpaired) electrons. The molecular formula is C16H18BrN. The Balaban J connectivity index is 2.31. The highest BCUT2D eigenvalue weighted by Crippen LogP contribution is 2.39. The lowest BCUT2D eigenvalue weighted by Crippen LogP contribution is -2.04. The van der Waals surface area contributed by atoms with Crippen LogP contribution in [0.2, 0.25) is 0 Å². The normalized spacial score (nSPS) is 14.2. The van der Waals surface area contributed by atoms with Crippen LogP contribution in [0.5, 0.6) is 0 Å². The van der Waals surface area contributed by atoms with E-state index in [9.17, 15) is 0 Å². The fourth-order valence-electron chi connectivity index (χ4n) is 2.16. The maximum absolute atomic E-state index is 4.08. The van der Waals surface area contributed by atoms with Crippen LogP contribution in [-0.2, 0) is 0 Å².